The fraction of sp³-hybridized carbons (Fsp3) is 0.310. The standard InChI is InChI=1S/C29H29Cl2N3O2S/c30-22-11-12-24(25(31)17-22)28(36)34-26(19-37-29(34)21-9-5-2-6-10-21)27(35)32-23-13-15-33(16-14-23)18-20-7-3-1-4-8-20/h1-12,17,23,26,29H,13-16,18-19H2,(H,32,35). The van der Waals surface area contributed by atoms with Gasteiger partial charge >= 0.3 is 0 Å². The summed E-state index contributed by atoms with van der Waals surface area (Å²) in [7, 11) is 0. The SMILES string of the molecule is O=C(NC1CCN(Cc2ccccc2)CC1)C1CSC(c2ccccc2)N1C(=O)c1ccc(Cl)cc1Cl. The summed E-state index contributed by atoms with van der Waals surface area (Å²) in [6.45, 7) is 2.77. The predicted octanol–water partition coefficient (Wildman–Crippen LogP) is 6.03. The average Bonchev–Trinajstić information content (AvgIpc) is 3.36. The van der Waals surface area contributed by atoms with Gasteiger partial charge in [0.1, 0.15) is 11.4 Å². The molecule has 0 spiro atoms. The van der Waals surface area contributed by atoms with Gasteiger partial charge in [0.05, 0.1) is 10.6 Å². The number of nitrogens with zero attached hydrogens (tertiary/aromatic N) is 2. The van der Waals surface area contributed by atoms with E-state index >= 15 is 0 Å². The summed E-state index contributed by atoms with van der Waals surface area (Å²) in [5.41, 5.74) is 2.63. The average molecular weight is 555 g/mol. The number of hydrogen-bond acceptors (Lipinski definition) is 4. The van der Waals surface area contributed by atoms with Crippen LogP contribution in [0.1, 0.15) is 39.7 Å². The molecule has 5 nitrogen and oxygen atoms in total. The molecule has 0 saturated carbocycles. The molecule has 3 aromatic rings. The molecule has 37 heavy (non-hydrogen) atoms. The van der Waals surface area contributed by atoms with Crippen molar-refractivity contribution in [1.29, 1.82) is 0 Å². The fourth-order valence-electron chi connectivity index (χ4n) is 5.01. The van der Waals surface area contributed by atoms with Crippen LogP contribution in [-0.2, 0) is 11.3 Å². The zero-order chi connectivity index (χ0) is 25.8. The van der Waals surface area contributed by atoms with Crippen LogP contribution in [-0.4, -0.2) is 52.5 Å². The van der Waals surface area contributed by atoms with Gasteiger partial charge in [-0.1, -0.05) is 83.9 Å². The Morgan fingerprint density at radius 2 is 1.59 bits per heavy atom. The number of benzene rings is 3. The summed E-state index contributed by atoms with van der Waals surface area (Å²) in [4.78, 5) is 31.5. The van der Waals surface area contributed by atoms with Crippen molar-refractivity contribution in [1.82, 2.24) is 15.1 Å². The molecule has 0 aromatic heterocycles. The van der Waals surface area contributed by atoms with Gasteiger partial charge in [-0.25, -0.2) is 0 Å². The van der Waals surface area contributed by atoms with Crippen LogP contribution >= 0.6 is 35.0 Å². The molecule has 3 aromatic carbocycles. The van der Waals surface area contributed by atoms with Gasteiger partial charge in [-0.3, -0.25) is 14.5 Å². The van der Waals surface area contributed by atoms with Crippen molar-refractivity contribution >= 4 is 46.8 Å². The first kappa shape index (κ1) is 26.1. The molecule has 2 fully saturated rings. The van der Waals surface area contributed by atoms with Crippen LogP contribution < -0.4 is 5.32 Å². The molecule has 2 aliphatic heterocycles. The van der Waals surface area contributed by atoms with Gasteiger partial charge in [0.25, 0.3) is 5.91 Å². The topological polar surface area (TPSA) is 52.7 Å². The van der Waals surface area contributed by atoms with E-state index in [9.17, 15) is 9.59 Å². The van der Waals surface area contributed by atoms with E-state index in [0.717, 1.165) is 38.0 Å². The van der Waals surface area contributed by atoms with E-state index in [0.29, 0.717) is 16.3 Å². The first-order valence-electron chi connectivity index (χ1n) is 12.5. The van der Waals surface area contributed by atoms with Crippen LogP contribution in [0.2, 0.25) is 10.0 Å². The van der Waals surface area contributed by atoms with E-state index in [1.807, 2.05) is 36.4 Å². The Labute approximate surface area is 232 Å². The van der Waals surface area contributed by atoms with Crippen LogP contribution in [0.4, 0.5) is 0 Å². The maximum absolute atomic E-state index is 13.8. The lowest BCUT2D eigenvalue weighted by Crippen LogP contribution is -2.52. The van der Waals surface area contributed by atoms with Crippen molar-refractivity contribution in [3.8, 4) is 0 Å². The number of carbonyl (C=O) groups excluding carboxylic acids is 2. The van der Waals surface area contributed by atoms with E-state index < -0.39 is 6.04 Å². The van der Waals surface area contributed by atoms with E-state index in [1.54, 1.807) is 34.9 Å². The number of rotatable bonds is 6. The number of amides is 2. The number of carbonyl (C=O) groups is 2. The Hall–Kier alpha value is -2.51. The van der Waals surface area contributed by atoms with Gasteiger partial charge in [0.15, 0.2) is 0 Å². The molecule has 1 N–H and O–H groups in total. The molecule has 0 bridgehead atoms. The van der Waals surface area contributed by atoms with E-state index in [1.165, 1.54) is 5.56 Å². The minimum absolute atomic E-state index is 0.0939. The first-order chi connectivity index (χ1) is 18.0. The second-order valence-electron chi connectivity index (χ2n) is 9.49. The summed E-state index contributed by atoms with van der Waals surface area (Å²) in [6.07, 6.45) is 1.77. The molecule has 2 saturated heterocycles. The number of hydrogen-bond donors (Lipinski definition) is 1. The molecular formula is C29H29Cl2N3O2S. The van der Waals surface area contributed by atoms with Gasteiger partial charge in [0, 0.05) is 36.5 Å². The summed E-state index contributed by atoms with van der Waals surface area (Å²) < 4.78 is 0. The quantitative estimate of drug-likeness (QED) is 0.404. The molecule has 0 radical (unpaired) electrons. The third kappa shape index (κ3) is 6.15. The van der Waals surface area contributed by atoms with Crippen LogP contribution in [0, 0.1) is 0 Å². The third-order valence-corrected chi connectivity index (χ3v) is 8.84. The van der Waals surface area contributed by atoms with Crippen molar-refractivity contribution in [3.05, 3.63) is 106 Å². The maximum atomic E-state index is 13.8. The zero-order valence-corrected chi connectivity index (χ0v) is 22.7. The molecule has 8 heteroatoms. The van der Waals surface area contributed by atoms with Crippen molar-refractivity contribution < 1.29 is 9.59 Å². The van der Waals surface area contributed by atoms with E-state index in [4.69, 9.17) is 23.2 Å². The minimum Gasteiger partial charge on any atom is -0.351 e. The summed E-state index contributed by atoms with van der Waals surface area (Å²) in [5, 5.41) is 3.72. The Morgan fingerprint density at radius 3 is 2.27 bits per heavy atom. The highest BCUT2D eigenvalue weighted by molar-refractivity contribution is 7.99. The van der Waals surface area contributed by atoms with Crippen molar-refractivity contribution in [2.75, 3.05) is 18.8 Å². The van der Waals surface area contributed by atoms with E-state index in [-0.39, 0.29) is 28.3 Å². The smallest absolute Gasteiger partial charge is 0.257 e. The van der Waals surface area contributed by atoms with Crippen molar-refractivity contribution in [2.45, 2.75) is 36.8 Å². The highest BCUT2D eigenvalue weighted by atomic mass is 35.5. The van der Waals surface area contributed by atoms with E-state index in [2.05, 4.69) is 34.5 Å². The fourth-order valence-corrected chi connectivity index (χ4v) is 6.93. The second-order valence-corrected chi connectivity index (χ2v) is 11.5. The zero-order valence-electron chi connectivity index (χ0n) is 20.4. The first-order valence-corrected chi connectivity index (χ1v) is 14.3. The van der Waals surface area contributed by atoms with Crippen LogP contribution in [0.15, 0.2) is 78.9 Å². The van der Waals surface area contributed by atoms with Crippen LogP contribution in [0.3, 0.4) is 0 Å². The summed E-state index contributed by atoms with van der Waals surface area (Å²) in [5.74, 6) is 0.152. The lowest BCUT2D eigenvalue weighted by molar-refractivity contribution is -0.125. The highest BCUT2D eigenvalue weighted by Gasteiger charge is 2.43. The summed E-state index contributed by atoms with van der Waals surface area (Å²) in [6, 6.07) is 24.6. The van der Waals surface area contributed by atoms with Crippen molar-refractivity contribution in [3.63, 3.8) is 0 Å². The minimum atomic E-state index is -0.586. The number of thioether (sulfide) groups is 1. The van der Waals surface area contributed by atoms with Gasteiger partial charge < -0.3 is 10.2 Å². The molecule has 2 heterocycles. The van der Waals surface area contributed by atoms with Gasteiger partial charge in [-0.05, 0) is 42.2 Å². The van der Waals surface area contributed by atoms with Gasteiger partial charge in [-0.15, -0.1) is 11.8 Å². The Kier molecular flexibility index (Phi) is 8.40. The normalized spacial score (nSPS) is 20.6. The molecule has 5 rings (SSSR count). The molecule has 192 valence electrons. The molecule has 2 atom stereocenters. The Bertz CT molecular complexity index is 1240. The van der Waals surface area contributed by atoms with Gasteiger partial charge in [0.2, 0.25) is 5.91 Å². The lowest BCUT2D eigenvalue weighted by atomic mass is 10.0. The number of piperidine rings is 1. The largest absolute Gasteiger partial charge is 0.351 e. The number of likely N-dealkylation sites (tertiary alicyclic amines) is 1. The molecule has 2 amide bonds. The lowest BCUT2D eigenvalue weighted by Gasteiger charge is -2.34. The highest BCUT2D eigenvalue weighted by Crippen LogP contribution is 2.43. The Morgan fingerprint density at radius 1 is 0.919 bits per heavy atom. The van der Waals surface area contributed by atoms with Crippen molar-refractivity contribution in [2.24, 2.45) is 0 Å². The number of nitrogens with one attached hydrogen (secondary N) is 1. The molecule has 2 aliphatic rings. The van der Waals surface area contributed by atoms with Crippen LogP contribution in [0.25, 0.3) is 0 Å². The number of halogens is 2. The third-order valence-electron chi connectivity index (χ3n) is 6.97. The maximum Gasteiger partial charge on any atom is 0.257 e. The molecule has 0 aliphatic carbocycles. The predicted molar refractivity (Wildman–Crippen MR) is 151 cm³/mol. The van der Waals surface area contributed by atoms with Gasteiger partial charge in [-0.2, -0.15) is 0 Å². The van der Waals surface area contributed by atoms with Crippen LogP contribution in [0.5, 0.6) is 0 Å². The summed E-state index contributed by atoms with van der Waals surface area (Å²) >= 11 is 14.1. The Balaban J connectivity index is 1.28. The second kappa shape index (κ2) is 11.9. The molecule has 2 unspecified atom stereocenters. The molecular weight excluding hydrogens is 525 g/mol. The monoisotopic (exact) mass is 553 g/mol.